The third-order valence-electron chi connectivity index (χ3n) is 3.09. The molecule has 2 heteroatoms. The van der Waals surface area contributed by atoms with Crippen LogP contribution in [-0.4, -0.2) is 4.57 Å². The molecule has 0 spiro atoms. The second-order valence-electron chi connectivity index (χ2n) is 4.42. The molecule has 0 aromatic carbocycles. The Morgan fingerprint density at radius 3 is 2.64 bits per heavy atom. The molecule has 0 amide bonds. The van der Waals surface area contributed by atoms with Crippen LogP contribution < -0.4 is 5.56 Å². The van der Waals surface area contributed by atoms with E-state index in [9.17, 15) is 4.79 Å². The Balaban J connectivity index is 2.41. The summed E-state index contributed by atoms with van der Waals surface area (Å²) in [5, 5.41) is 0. The van der Waals surface area contributed by atoms with Crippen LogP contribution in [0.4, 0.5) is 0 Å². The predicted molar refractivity (Wildman–Crippen MR) is 57.7 cm³/mol. The molecule has 2 rings (SSSR count). The highest BCUT2D eigenvalue weighted by atomic mass is 16.1. The van der Waals surface area contributed by atoms with Crippen molar-refractivity contribution in [2.75, 3.05) is 0 Å². The third kappa shape index (κ3) is 1.49. The van der Waals surface area contributed by atoms with E-state index in [0.29, 0.717) is 12.0 Å². The van der Waals surface area contributed by atoms with E-state index >= 15 is 0 Å². The zero-order valence-corrected chi connectivity index (χ0v) is 8.86. The minimum absolute atomic E-state index is 0.215. The Bertz CT molecular complexity index is 374. The Kier molecular flexibility index (Phi) is 2.44. The van der Waals surface area contributed by atoms with Gasteiger partial charge in [-0.05, 0) is 31.2 Å². The van der Waals surface area contributed by atoms with Gasteiger partial charge in [0.2, 0.25) is 0 Å². The van der Waals surface area contributed by atoms with Gasteiger partial charge in [-0.25, -0.2) is 0 Å². The number of hydrogen-bond acceptors (Lipinski definition) is 1. The molecule has 0 aliphatic heterocycles. The average Bonchev–Trinajstić information content (AvgIpc) is 2.04. The number of pyridine rings is 1. The first-order valence-electron chi connectivity index (χ1n) is 5.41. The lowest BCUT2D eigenvalue weighted by Gasteiger charge is -2.28. The van der Waals surface area contributed by atoms with Gasteiger partial charge in [-0.2, -0.15) is 0 Å². The highest BCUT2D eigenvalue weighted by Crippen LogP contribution is 2.30. The van der Waals surface area contributed by atoms with Crippen LogP contribution in [0.15, 0.2) is 23.1 Å². The number of aromatic nitrogens is 1. The second kappa shape index (κ2) is 3.60. The Hall–Kier alpha value is -1.05. The summed E-state index contributed by atoms with van der Waals surface area (Å²) in [5.74, 6) is 0.329. The SMILES string of the molecule is CC(C)c1cccn(C2CCC2)c1=O. The fraction of sp³-hybridized carbons (Fsp3) is 0.583. The first kappa shape index (κ1) is 9.50. The Morgan fingerprint density at radius 1 is 1.43 bits per heavy atom. The topological polar surface area (TPSA) is 22.0 Å². The summed E-state index contributed by atoms with van der Waals surface area (Å²) in [6, 6.07) is 4.42. The maximum Gasteiger partial charge on any atom is 0.254 e. The molecule has 1 heterocycles. The minimum Gasteiger partial charge on any atom is -0.312 e. The summed E-state index contributed by atoms with van der Waals surface area (Å²) >= 11 is 0. The van der Waals surface area contributed by atoms with Gasteiger partial charge in [0.1, 0.15) is 0 Å². The molecule has 1 fully saturated rings. The molecular weight excluding hydrogens is 174 g/mol. The zero-order valence-electron chi connectivity index (χ0n) is 8.86. The van der Waals surface area contributed by atoms with E-state index < -0.39 is 0 Å². The van der Waals surface area contributed by atoms with Gasteiger partial charge in [0, 0.05) is 17.8 Å². The van der Waals surface area contributed by atoms with Crippen LogP contribution in [-0.2, 0) is 0 Å². The number of rotatable bonds is 2. The van der Waals surface area contributed by atoms with Crippen molar-refractivity contribution in [1.82, 2.24) is 4.57 Å². The summed E-state index contributed by atoms with van der Waals surface area (Å²) in [6.07, 6.45) is 5.53. The average molecular weight is 191 g/mol. The van der Waals surface area contributed by atoms with Crippen LogP contribution in [0.1, 0.15) is 50.6 Å². The molecule has 0 bridgehead atoms. The van der Waals surface area contributed by atoms with E-state index in [1.165, 1.54) is 19.3 Å². The fourth-order valence-corrected chi connectivity index (χ4v) is 1.92. The van der Waals surface area contributed by atoms with Crippen LogP contribution in [0.3, 0.4) is 0 Å². The predicted octanol–water partition coefficient (Wildman–Crippen LogP) is 2.70. The third-order valence-corrected chi connectivity index (χ3v) is 3.09. The molecule has 2 nitrogen and oxygen atoms in total. The fourth-order valence-electron chi connectivity index (χ4n) is 1.92. The van der Waals surface area contributed by atoms with Gasteiger partial charge < -0.3 is 4.57 Å². The van der Waals surface area contributed by atoms with E-state index in [1.54, 1.807) is 0 Å². The first-order chi connectivity index (χ1) is 6.70. The summed E-state index contributed by atoms with van der Waals surface area (Å²) in [7, 11) is 0. The van der Waals surface area contributed by atoms with E-state index in [2.05, 4.69) is 13.8 Å². The van der Waals surface area contributed by atoms with Crippen molar-refractivity contribution in [2.45, 2.75) is 45.1 Å². The van der Waals surface area contributed by atoms with Gasteiger partial charge in [0.15, 0.2) is 0 Å². The lowest BCUT2D eigenvalue weighted by atomic mass is 9.92. The molecule has 76 valence electrons. The largest absolute Gasteiger partial charge is 0.312 e. The molecule has 0 unspecified atom stereocenters. The summed E-state index contributed by atoms with van der Waals surface area (Å²) in [6.45, 7) is 4.14. The molecule has 1 aromatic rings. The molecule has 1 aromatic heterocycles. The van der Waals surface area contributed by atoms with Gasteiger partial charge in [-0.1, -0.05) is 19.9 Å². The summed E-state index contributed by atoms with van der Waals surface area (Å²) < 4.78 is 1.92. The lowest BCUT2D eigenvalue weighted by molar-refractivity contribution is 0.305. The molecule has 14 heavy (non-hydrogen) atoms. The highest BCUT2D eigenvalue weighted by molar-refractivity contribution is 5.15. The molecular formula is C12H17NO. The molecule has 1 aliphatic carbocycles. The molecule has 1 saturated carbocycles. The minimum atomic E-state index is 0.215. The van der Waals surface area contributed by atoms with Crippen LogP contribution >= 0.6 is 0 Å². The summed E-state index contributed by atoms with van der Waals surface area (Å²) in [5.41, 5.74) is 1.16. The molecule has 0 saturated heterocycles. The monoisotopic (exact) mass is 191 g/mol. The van der Waals surface area contributed by atoms with Crippen molar-refractivity contribution in [1.29, 1.82) is 0 Å². The van der Waals surface area contributed by atoms with Gasteiger partial charge in [0.25, 0.3) is 5.56 Å². The van der Waals surface area contributed by atoms with Gasteiger partial charge >= 0.3 is 0 Å². The van der Waals surface area contributed by atoms with E-state index in [0.717, 1.165) is 5.56 Å². The molecule has 0 N–H and O–H groups in total. The maximum atomic E-state index is 12.0. The maximum absolute atomic E-state index is 12.0. The molecule has 0 radical (unpaired) electrons. The molecule has 0 atom stereocenters. The van der Waals surface area contributed by atoms with E-state index in [1.807, 2.05) is 22.9 Å². The van der Waals surface area contributed by atoms with Gasteiger partial charge in [-0.3, -0.25) is 4.79 Å². The first-order valence-corrected chi connectivity index (χ1v) is 5.41. The van der Waals surface area contributed by atoms with Crippen LogP contribution in [0.2, 0.25) is 0 Å². The second-order valence-corrected chi connectivity index (χ2v) is 4.42. The Morgan fingerprint density at radius 2 is 2.14 bits per heavy atom. The quantitative estimate of drug-likeness (QED) is 0.704. The van der Waals surface area contributed by atoms with Crippen molar-refractivity contribution in [2.24, 2.45) is 0 Å². The molecule has 1 aliphatic rings. The number of nitrogens with zero attached hydrogens (tertiary/aromatic N) is 1. The lowest BCUT2D eigenvalue weighted by Crippen LogP contribution is -2.30. The number of hydrogen-bond donors (Lipinski definition) is 0. The van der Waals surface area contributed by atoms with Crippen LogP contribution in [0.25, 0.3) is 0 Å². The van der Waals surface area contributed by atoms with Gasteiger partial charge in [0.05, 0.1) is 0 Å². The smallest absolute Gasteiger partial charge is 0.254 e. The van der Waals surface area contributed by atoms with Crippen molar-refractivity contribution in [3.63, 3.8) is 0 Å². The van der Waals surface area contributed by atoms with Crippen LogP contribution in [0, 0.1) is 0 Å². The van der Waals surface area contributed by atoms with Crippen molar-refractivity contribution in [3.05, 3.63) is 34.2 Å². The van der Waals surface area contributed by atoms with Crippen molar-refractivity contribution < 1.29 is 0 Å². The summed E-state index contributed by atoms with van der Waals surface area (Å²) in [4.78, 5) is 12.0. The Labute approximate surface area is 84.6 Å². The van der Waals surface area contributed by atoms with Crippen molar-refractivity contribution >= 4 is 0 Å². The zero-order chi connectivity index (χ0) is 10.1. The normalized spacial score (nSPS) is 17.1. The van der Waals surface area contributed by atoms with Crippen molar-refractivity contribution in [3.8, 4) is 0 Å². The highest BCUT2D eigenvalue weighted by Gasteiger charge is 2.21. The standard InChI is InChI=1S/C12H17NO/c1-9(2)11-7-4-8-13(12(11)14)10-5-3-6-10/h4,7-10H,3,5-6H2,1-2H3. The van der Waals surface area contributed by atoms with E-state index in [-0.39, 0.29) is 5.56 Å². The van der Waals surface area contributed by atoms with Crippen LogP contribution in [0.5, 0.6) is 0 Å². The van der Waals surface area contributed by atoms with E-state index in [4.69, 9.17) is 0 Å². The van der Waals surface area contributed by atoms with Gasteiger partial charge in [-0.15, -0.1) is 0 Å².